The summed E-state index contributed by atoms with van der Waals surface area (Å²) >= 11 is 0. The second-order valence-corrected chi connectivity index (χ2v) is 7.32. The number of aliphatic hydroxyl groups excluding tert-OH is 1. The van der Waals surface area contributed by atoms with Crippen LogP contribution in [0.15, 0.2) is 42.2 Å². The van der Waals surface area contributed by atoms with Crippen molar-refractivity contribution in [3.05, 3.63) is 47.7 Å². The molecule has 0 amide bonds. The highest BCUT2D eigenvalue weighted by Gasteiger charge is 2.47. The molecular formula is C20H24F3N5O. The van der Waals surface area contributed by atoms with Gasteiger partial charge in [0.25, 0.3) is 0 Å². The summed E-state index contributed by atoms with van der Waals surface area (Å²) in [6.45, 7) is 8.48. The van der Waals surface area contributed by atoms with Gasteiger partial charge in [0.15, 0.2) is 0 Å². The maximum absolute atomic E-state index is 13.2. The van der Waals surface area contributed by atoms with Gasteiger partial charge in [-0.2, -0.15) is 23.4 Å². The van der Waals surface area contributed by atoms with Gasteiger partial charge in [-0.05, 0) is 18.9 Å². The van der Waals surface area contributed by atoms with Crippen LogP contribution in [0.1, 0.15) is 32.8 Å². The summed E-state index contributed by atoms with van der Waals surface area (Å²) in [5.41, 5.74) is -0.968. The van der Waals surface area contributed by atoms with Crippen molar-refractivity contribution < 1.29 is 18.3 Å². The Hall–Kier alpha value is -2.86. The van der Waals surface area contributed by atoms with E-state index < -0.39 is 17.9 Å². The fourth-order valence-corrected chi connectivity index (χ4v) is 3.00. The van der Waals surface area contributed by atoms with Crippen LogP contribution in [0.4, 0.5) is 24.9 Å². The van der Waals surface area contributed by atoms with Crippen LogP contribution in [-0.4, -0.2) is 39.9 Å². The third-order valence-corrected chi connectivity index (χ3v) is 5.16. The Labute approximate surface area is 167 Å². The summed E-state index contributed by atoms with van der Waals surface area (Å²) < 4.78 is 39.7. The molecule has 1 fully saturated rings. The summed E-state index contributed by atoms with van der Waals surface area (Å²) in [5.74, 6) is 0.360. The molecule has 1 saturated carbocycles. The first-order valence-electron chi connectivity index (χ1n) is 9.05. The van der Waals surface area contributed by atoms with Crippen molar-refractivity contribution in [1.82, 2.24) is 9.97 Å². The third kappa shape index (κ3) is 4.95. The van der Waals surface area contributed by atoms with E-state index in [1.165, 1.54) is 19.2 Å². The number of allylic oxidation sites excluding steroid dienone is 3. The Bertz CT molecular complexity index is 868. The fraction of sp³-hybridized carbons (Fsp3) is 0.450. The SMILES string of the molecule is C=C/C=C(\C(=C/C)CNc1ncc(C#N)c(N[C@@H]2C[C@H](O)C2(C)C)n1)C(F)(F)F. The van der Waals surface area contributed by atoms with E-state index in [1.807, 2.05) is 19.9 Å². The first-order valence-corrected chi connectivity index (χ1v) is 9.05. The van der Waals surface area contributed by atoms with E-state index in [-0.39, 0.29) is 40.9 Å². The van der Waals surface area contributed by atoms with Gasteiger partial charge in [0.05, 0.1) is 17.9 Å². The average Bonchev–Trinajstić information content (AvgIpc) is 2.66. The van der Waals surface area contributed by atoms with Crippen molar-refractivity contribution in [1.29, 1.82) is 5.26 Å². The van der Waals surface area contributed by atoms with Crippen LogP contribution in [0.2, 0.25) is 0 Å². The maximum atomic E-state index is 13.2. The highest BCUT2D eigenvalue weighted by Crippen LogP contribution is 2.42. The number of anilines is 2. The van der Waals surface area contributed by atoms with E-state index in [4.69, 9.17) is 0 Å². The van der Waals surface area contributed by atoms with Crippen molar-refractivity contribution in [2.45, 2.75) is 45.5 Å². The van der Waals surface area contributed by atoms with Crippen molar-refractivity contribution in [2.24, 2.45) is 5.41 Å². The van der Waals surface area contributed by atoms with Crippen LogP contribution < -0.4 is 10.6 Å². The van der Waals surface area contributed by atoms with Crippen LogP contribution >= 0.6 is 0 Å². The van der Waals surface area contributed by atoms with E-state index in [0.717, 1.165) is 12.2 Å². The Balaban J connectivity index is 2.18. The molecule has 0 saturated heterocycles. The predicted octanol–water partition coefficient (Wildman–Crippen LogP) is 3.95. The minimum absolute atomic E-state index is 0.0168. The molecule has 1 aromatic rings. The maximum Gasteiger partial charge on any atom is 0.416 e. The Morgan fingerprint density at radius 2 is 2.17 bits per heavy atom. The molecule has 9 heteroatoms. The van der Waals surface area contributed by atoms with Crippen LogP contribution in [0.5, 0.6) is 0 Å². The van der Waals surface area contributed by atoms with Crippen LogP contribution in [0.3, 0.4) is 0 Å². The molecule has 0 spiro atoms. The highest BCUT2D eigenvalue weighted by atomic mass is 19.4. The summed E-state index contributed by atoms with van der Waals surface area (Å²) in [7, 11) is 0. The Morgan fingerprint density at radius 3 is 2.66 bits per heavy atom. The normalized spacial score (nSPS) is 21.7. The lowest BCUT2D eigenvalue weighted by atomic mass is 9.64. The number of aromatic nitrogens is 2. The van der Waals surface area contributed by atoms with E-state index >= 15 is 0 Å². The summed E-state index contributed by atoms with van der Waals surface area (Å²) in [6, 6.07) is 1.90. The number of hydrogen-bond donors (Lipinski definition) is 3. The number of rotatable bonds is 7. The summed E-state index contributed by atoms with van der Waals surface area (Å²) in [5, 5.41) is 25.1. The zero-order valence-corrected chi connectivity index (χ0v) is 16.5. The van der Waals surface area contributed by atoms with Gasteiger partial charge in [-0.3, -0.25) is 0 Å². The molecule has 2 atom stereocenters. The van der Waals surface area contributed by atoms with E-state index in [1.54, 1.807) is 0 Å². The molecule has 1 aliphatic carbocycles. The largest absolute Gasteiger partial charge is 0.416 e. The zero-order valence-electron chi connectivity index (χ0n) is 16.5. The number of nitriles is 1. The first-order chi connectivity index (χ1) is 13.5. The standard InChI is InChI=1S/C20H24F3N5O/c1-5-7-14(20(21,22)23)12(6-2)10-25-18-26-11-13(9-24)17(28-18)27-15-8-16(29)19(15,3)4/h5-7,11,15-16,29H,1,8,10H2,2-4H3,(H2,25,26,27,28)/b12-6-,14-7+/t15-,16+/m1/s1. The lowest BCUT2D eigenvalue weighted by molar-refractivity contribution is -0.0893. The lowest BCUT2D eigenvalue weighted by Crippen LogP contribution is -2.57. The Morgan fingerprint density at radius 1 is 1.48 bits per heavy atom. The highest BCUT2D eigenvalue weighted by molar-refractivity contribution is 5.55. The summed E-state index contributed by atoms with van der Waals surface area (Å²) in [6.07, 6.45) is 0.187. The molecule has 0 aliphatic heterocycles. The molecule has 6 nitrogen and oxygen atoms in total. The Kier molecular flexibility index (Phi) is 6.69. The molecule has 0 aromatic carbocycles. The molecule has 1 aliphatic rings. The molecule has 1 aromatic heterocycles. The molecule has 3 N–H and O–H groups in total. The van der Waals surface area contributed by atoms with Gasteiger partial charge < -0.3 is 15.7 Å². The van der Waals surface area contributed by atoms with E-state index in [0.29, 0.717) is 6.42 Å². The smallest absolute Gasteiger partial charge is 0.392 e. The number of hydrogen-bond acceptors (Lipinski definition) is 6. The quantitative estimate of drug-likeness (QED) is 0.593. The monoisotopic (exact) mass is 407 g/mol. The number of nitrogens with one attached hydrogen (secondary N) is 2. The van der Waals surface area contributed by atoms with Crippen molar-refractivity contribution in [3.8, 4) is 6.07 Å². The second kappa shape index (κ2) is 8.66. The van der Waals surface area contributed by atoms with Crippen molar-refractivity contribution >= 4 is 11.8 Å². The first kappa shape index (κ1) is 22.4. The number of aliphatic hydroxyl groups is 1. The minimum Gasteiger partial charge on any atom is -0.392 e. The predicted molar refractivity (Wildman–Crippen MR) is 105 cm³/mol. The molecule has 0 bridgehead atoms. The van der Waals surface area contributed by atoms with E-state index in [2.05, 4.69) is 27.2 Å². The second-order valence-electron chi connectivity index (χ2n) is 7.32. The topological polar surface area (TPSA) is 93.9 Å². The van der Waals surface area contributed by atoms with Gasteiger partial charge in [-0.1, -0.05) is 38.7 Å². The fourth-order valence-electron chi connectivity index (χ4n) is 3.00. The summed E-state index contributed by atoms with van der Waals surface area (Å²) in [4.78, 5) is 8.25. The van der Waals surface area contributed by atoms with Crippen molar-refractivity contribution in [2.75, 3.05) is 17.2 Å². The minimum atomic E-state index is -4.52. The van der Waals surface area contributed by atoms with Crippen molar-refractivity contribution in [3.63, 3.8) is 0 Å². The number of halogens is 3. The van der Waals surface area contributed by atoms with Gasteiger partial charge in [0.1, 0.15) is 17.5 Å². The molecule has 2 rings (SSSR count). The van der Waals surface area contributed by atoms with Crippen LogP contribution in [0.25, 0.3) is 0 Å². The van der Waals surface area contributed by atoms with Gasteiger partial charge in [-0.15, -0.1) is 0 Å². The zero-order chi connectivity index (χ0) is 21.8. The number of alkyl halides is 3. The van der Waals surface area contributed by atoms with Gasteiger partial charge >= 0.3 is 6.18 Å². The van der Waals surface area contributed by atoms with Crippen LogP contribution in [-0.2, 0) is 0 Å². The molecule has 1 heterocycles. The van der Waals surface area contributed by atoms with Gasteiger partial charge in [0, 0.05) is 18.0 Å². The molecule has 0 radical (unpaired) electrons. The molecule has 29 heavy (non-hydrogen) atoms. The van der Waals surface area contributed by atoms with E-state index in [9.17, 15) is 23.5 Å². The van der Waals surface area contributed by atoms with Gasteiger partial charge in [0.2, 0.25) is 5.95 Å². The molecule has 0 unspecified atom stereocenters. The lowest BCUT2D eigenvalue weighted by Gasteiger charge is -2.49. The van der Waals surface area contributed by atoms with Crippen LogP contribution in [0, 0.1) is 16.7 Å². The molecular weight excluding hydrogens is 383 g/mol. The molecule has 156 valence electrons. The van der Waals surface area contributed by atoms with Gasteiger partial charge in [-0.25, -0.2) is 4.98 Å². The third-order valence-electron chi connectivity index (χ3n) is 5.16. The average molecular weight is 407 g/mol. The number of nitrogens with zero attached hydrogens (tertiary/aromatic N) is 3.